The lowest BCUT2D eigenvalue weighted by molar-refractivity contribution is 1.17. The van der Waals surface area contributed by atoms with Gasteiger partial charge >= 0.3 is 0 Å². The molecule has 0 unspecified atom stereocenters. The molecule has 0 amide bonds. The van der Waals surface area contributed by atoms with Gasteiger partial charge in [-0.1, -0.05) is 266 Å². The van der Waals surface area contributed by atoms with Gasteiger partial charge in [0.2, 0.25) is 6.71 Å². The van der Waals surface area contributed by atoms with Crippen LogP contribution in [0.5, 0.6) is 0 Å². The summed E-state index contributed by atoms with van der Waals surface area (Å²) < 4.78 is 5.00. The molecule has 5 heteroatoms. The highest BCUT2D eigenvalue weighted by Gasteiger charge is 2.54. The van der Waals surface area contributed by atoms with E-state index < -0.39 is 8.07 Å². The van der Waals surface area contributed by atoms with Crippen molar-refractivity contribution in [3.05, 3.63) is 315 Å². The van der Waals surface area contributed by atoms with Crippen LogP contribution in [-0.2, 0) is 0 Å². The molecule has 386 valence electrons. The predicted octanol–water partition coefficient (Wildman–Crippen LogP) is 14.9. The van der Waals surface area contributed by atoms with Gasteiger partial charge in [0, 0.05) is 55.4 Å². The molecule has 0 saturated heterocycles. The summed E-state index contributed by atoms with van der Waals surface area (Å²) in [4.78, 5) is 2.70. The molecule has 13 aromatic carbocycles. The summed E-state index contributed by atoms with van der Waals surface area (Å²) in [6, 6.07) is 119. The monoisotopic (exact) mass is 1070 g/mol. The molecule has 4 heterocycles. The highest BCUT2D eigenvalue weighted by molar-refractivity contribution is 7.26. The number of nitrogens with zero attached hydrogens (tertiary/aromatic N) is 3. The molecule has 2 aliphatic rings. The number of aromatic nitrogens is 2. The smallest absolute Gasteiger partial charge is 0.246 e. The van der Waals surface area contributed by atoms with Gasteiger partial charge in [-0.25, -0.2) is 0 Å². The molecule has 0 atom stereocenters. The van der Waals surface area contributed by atoms with Crippen molar-refractivity contribution in [1.29, 1.82) is 0 Å². The number of para-hydroxylation sites is 5. The summed E-state index contributed by atoms with van der Waals surface area (Å²) in [5.74, 6) is 0. The number of fused-ring (bicyclic) bond motifs is 10. The first-order valence-corrected chi connectivity index (χ1v) is 30.9. The van der Waals surface area contributed by atoms with Gasteiger partial charge in [0.05, 0.1) is 27.8 Å². The van der Waals surface area contributed by atoms with E-state index in [1.807, 2.05) is 0 Å². The summed E-state index contributed by atoms with van der Waals surface area (Å²) in [6.07, 6.45) is 0. The first kappa shape index (κ1) is 47.4. The van der Waals surface area contributed by atoms with Crippen LogP contribution in [0.3, 0.4) is 0 Å². The van der Waals surface area contributed by atoms with E-state index in [9.17, 15) is 0 Å². The summed E-state index contributed by atoms with van der Waals surface area (Å²) in [7, 11) is -3.34. The van der Waals surface area contributed by atoms with E-state index in [1.54, 1.807) is 0 Å². The Labute approximate surface area is 484 Å². The SMILES string of the molecule is c1ccc(-c2cc3c4c(c2)[Si](c2ccccc2)(c2ccccc2)c2cc(-n5c6ccccc6c6ccccc65)ccc2B4c2ccc(-n4c5ccccc5c5ccccc54)cc2N3c2c(-c3ccccc3)cccc2-c2ccccc2)cc1. The zero-order valence-corrected chi connectivity index (χ0v) is 46.4. The number of benzene rings is 13. The molecule has 15 aromatic rings. The lowest BCUT2D eigenvalue weighted by Crippen LogP contribution is -2.87. The van der Waals surface area contributed by atoms with Crippen molar-refractivity contribution in [2.45, 2.75) is 0 Å². The second-order valence-corrected chi connectivity index (χ2v) is 26.0. The number of rotatable bonds is 8. The molecule has 0 bridgehead atoms. The zero-order valence-electron chi connectivity index (χ0n) is 45.4. The zero-order chi connectivity index (χ0) is 54.6. The Balaban J connectivity index is 1.07. The van der Waals surface area contributed by atoms with E-state index in [0.29, 0.717) is 0 Å². The first-order chi connectivity index (χ1) is 41.2. The van der Waals surface area contributed by atoms with Gasteiger partial charge in [-0.05, 0) is 109 Å². The van der Waals surface area contributed by atoms with E-state index >= 15 is 0 Å². The number of hydrogen-bond donors (Lipinski definition) is 0. The number of hydrogen-bond acceptors (Lipinski definition) is 1. The fourth-order valence-electron chi connectivity index (χ4n) is 14.6. The fourth-order valence-corrected chi connectivity index (χ4v) is 20.0. The second kappa shape index (κ2) is 18.8. The van der Waals surface area contributed by atoms with Crippen LogP contribution in [0.1, 0.15) is 0 Å². The van der Waals surface area contributed by atoms with Gasteiger partial charge in [-0.3, -0.25) is 0 Å². The number of anilines is 3. The molecule has 17 rings (SSSR count). The Morgan fingerprint density at radius 1 is 0.277 bits per heavy atom. The molecule has 2 aromatic heterocycles. The normalized spacial score (nSPS) is 13.1. The highest BCUT2D eigenvalue weighted by atomic mass is 28.3. The fraction of sp³-hybridized carbons (Fsp3) is 0. The Hall–Kier alpha value is -10.5. The summed E-state index contributed by atoms with van der Waals surface area (Å²) in [5, 5.41) is 10.5. The molecular formula is C78H52BN3Si. The molecule has 0 aliphatic carbocycles. The topological polar surface area (TPSA) is 13.1 Å². The Morgan fingerprint density at radius 3 is 1.17 bits per heavy atom. The molecular weight excluding hydrogens is 1020 g/mol. The van der Waals surface area contributed by atoms with Crippen molar-refractivity contribution in [1.82, 2.24) is 9.13 Å². The van der Waals surface area contributed by atoms with E-state index in [4.69, 9.17) is 0 Å². The Kier molecular flexibility index (Phi) is 10.7. The highest BCUT2D eigenvalue weighted by Crippen LogP contribution is 2.49. The summed E-state index contributed by atoms with van der Waals surface area (Å²) >= 11 is 0. The quantitative estimate of drug-likeness (QED) is 0.138. The maximum Gasteiger partial charge on any atom is 0.246 e. The van der Waals surface area contributed by atoms with Crippen LogP contribution in [0.2, 0.25) is 0 Å². The van der Waals surface area contributed by atoms with E-state index in [-0.39, 0.29) is 6.71 Å². The summed E-state index contributed by atoms with van der Waals surface area (Å²) in [5.41, 5.74) is 21.6. The third kappa shape index (κ3) is 7.05. The first-order valence-electron chi connectivity index (χ1n) is 28.9. The van der Waals surface area contributed by atoms with Crippen molar-refractivity contribution in [2.75, 3.05) is 4.90 Å². The molecule has 0 saturated carbocycles. The average molecular weight is 1070 g/mol. The van der Waals surface area contributed by atoms with Gasteiger partial charge in [-0.15, -0.1) is 0 Å². The van der Waals surface area contributed by atoms with Crippen molar-refractivity contribution in [3.8, 4) is 44.8 Å². The molecule has 83 heavy (non-hydrogen) atoms. The Bertz CT molecular complexity index is 4830. The van der Waals surface area contributed by atoms with E-state index in [1.165, 1.54) is 109 Å². The van der Waals surface area contributed by atoms with Gasteiger partial charge < -0.3 is 14.0 Å². The molecule has 0 radical (unpaired) electrons. The van der Waals surface area contributed by atoms with Crippen LogP contribution in [0.4, 0.5) is 17.1 Å². The maximum absolute atomic E-state index is 3.34. The van der Waals surface area contributed by atoms with Crippen molar-refractivity contribution in [2.24, 2.45) is 0 Å². The lowest BCUT2D eigenvalue weighted by atomic mass is 9.34. The van der Waals surface area contributed by atoms with Crippen molar-refractivity contribution >= 4 is 113 Å². The largest absolute Gasteiger partial charge is 0.310 e. The van der Waals surface area contributed by atoms with Crippen LogP contribution in [0.25, 0.3) is 88.4 Å². The van der Waals surface area contributed by atoms with E-state index in [0.717, 1.165) is 33.9 Å². The average Bonchev–Trinajstić information content (AvgIpc) is 2.89. The predicted molar refractivity (Wildman–Crippen MR) is 354 cm³/mol. The van der Waals surface area contributed by atoms with Crippen LogP contribution in [0, 0.1) is 0 Å². The molecule has 0 fully saturated rings. The third-order valence-electron chi connectivity index (χ3n) is 18.0. The summed E-state index contributed by atoms with van der Waals surface area (Å²) in [6.45, 7) is -0.136. The minimum Gasteiger partial charge on any atom is -0.310 e. The van der Waals surface area contributed by atoms with Gasteiger partial charge in [0.15, 0.2) is 8.07 Å². The van der Waals surface area contributed by atoms with E-state index in [2.05, 4.69) is 329 Å². The molecule has 0 spiro atoms. The van der Waals surface area contributed by atoms with Crippen LogP contribution in [0.15, 0.2) is 315 Å². The maximum atomic E-state index is 2.70. The molecule has 3 nitrogen and oxygen atoms in total. The molecule has 0 N–H and O–H groups in total. The van der Waals surface area contributed by atoms with Gasteiger partial charge in [0.25, 0.3) is 0 Å². The van der Waals surface area contributed by atoms with Crippen LogP contribution in [-0.4, -0.2) is 23.9 Å². The lowest BCUT2D eigenvalue weighted by Gasteiger charge is -2.48. The minimum absolute atomic E-state index is 0.136. The second-order valence-electron chi connectivity index (χ2n) is 22.3. The molecule has 2 aliphatic heterocycles. The van der Waals surface area contributed by atoms with Crippen LogP contribution >= 0.6 is 0 Å². The van der Waals surface area contributed by atoms with Crippen LogP contribution < -0.4 is 42.0 Å². The van der Waals surface area contributed by atoms with Gasteiger partial charge in [0.1, 0.15) is 0 Å². The minimum atomic E-state index is -3.34. The van der Waals surface area contributed by atoms with Crippen molar-refractivity contribution < 1.29 is 0 Å². The Morgan fingerprint density at radius 2 is 0.687 bits per heavy atom. The van der Waals surface area contributed by atoms with Crippen molar-refractivity contribution in [3.63, 3.8) is 0 Å². The third-order valence-corrected chi connectivity index (χ3v) is 22.9. The van der Waals surface area contributed by atoms with Gasteiger partial charge in [-0.2, -0.15) is 0 Å². The standard InChI is InChI=1S/C78H52BN3Si/c1-6-25-53(26-7-1)56-49-74-77-76(50-56)83(59-31-12-4-13-32-59,60-33-14-5-15-34-60)75-52-58(81-71-43-22-18-37-65(71)66-38-19-23-44-72(66)81)46-48-68(75)79(77)67-47-45-57(80-69-41-20-16-35-63(69)64-36-17-21-42-70(64)80)51-73(67)82(74)78-61(54-27-8-2-9-28-54)39-24-40-62(78)55-29-10-3-11-30-55/h1-52H.